The number of hydrogen-bond acceptors (Lipinski definition) is 6. The fourth-order valence-corrected chi connectivity index (χ4v) is 2.89. The Morgan fingerprint density at radius 2 is 1.69 bits per heavy atom. The van der Waals surface area contributed by atoms with Crippen molar-refractivity contribution >= 4 is 27.9 Å². The number of rotatable bonds is 5. The lowest BCUT2D eigenvalue weighted by molar-refractivity contribution is 0.0583. The van der Waals surface area contributed by atoms with Gasteiger partial charge in [0.2, 0.25) is 5.75 Å². The van der Waals surface area contributed by atoms with Gasteiger partial charge in [-0.1, -0.05) is 46.3 Å². The molecule has 0 spiro atoms. The molecule has 0 fully saturated rings. The molecule has 0 unspecified atom stereocenters. The molecule has 148 valence electrons. The first-order chi connectivity index (χ1) is 13.9. The van der Waals surface area contributed by atoms with Gasteiger partial charge in [0, 0.05) is 17.9 Å². The summed E-state index contributed by atoms with van der Waals surface area (Å²) in [4.78, 5) is 41.8. The summed E-state index contributed by atoms with van der Waals surface area (Å²) in [5.74, 6) is -1.77. The summed E-state index contributed by atoms with van der Waals surface area (Å²) < 4.78 is 12.1. The standard InChI is InChI=1S/C21H17BrN2O5/c1-24-16(12-13-8-10-15(22)11-9-13)23-17(21(27)28-2)18(19(24)25)29-20(26)14-6-4-3-5-7-14/h3-11H,12H2,1-2H3. The molecule has 3 rings (SSSR count). The molecule has 0 bridgehead atoms. The first-order valence-corrected chi connectivity index (χ1v) is 9.40. The Labute approximate surface area is 175 Å². The van der Waals surface area contributed by atoms with E-state index in [0.717, 1.165) is 10.0 Å². The number of nitrogens with zero attached hydrogens (tertiary/aromatic N) is 2. The molecule has 0 aliphatic heterocycles. The number of methoxy groups -OCH3 is 1. The fourth-order valence-electron chi connectivity index (χ4n) is 2.62. The van der Waals surface area contributed by atoms with Crippen molar-refractivity contribution in [3.05, 3.63) is 92.1 Å². The smallest absolute Gasteiger partial charge is 0.360 e. The van der Waals surface area contributed by atoms with Crippen LogP contribution in [-0.4, -0.2) is 28.6 Å². The van der Waals surface area contributed by atoms with Crippen LogP contribution in [0.15, 0.2) is 63.9 Å². The third-order valence-electron chi connectivity index (χ3n) is 4.20. The number of aromatic nitrogens is 2. The second kappa shape index (κ2) is 8.83. The molecule has 29 heavy (non-hydrogen) atoms. The molecule has 0 aliphatic carbocycles. The molecule has 1 aromatic heterocycles. The van der Waals surface area contributed by atoms with Crippen LogP contribution in [-0.2, 0) is 18.2 Å². The van der Waals surface area contributed by atoms with Crippen LogP contribution in [0.3, 0.4) is 0 Å². The zero-order valence-electron chi connectivity index (χ0n) is 15.7. The number of carbonyl (C=O) groups is 2. The maximum Gasteiger partial charge on any atom is 0.360 e. The first kappa shape index (κ1) is 20.5. The van der Waals surface area contributed by atoms with Gasteiger partial charge >= 0.3 is 11.9 Å². The van der Waals surface area contributed by atoms with Crippen molar-refractivity contribution < 1.29 is 19.1 Å². The van der Waals surface area contributed by atoms with Crippen molar-refractivity contribution in [1.29, 1.82) is 0 Å². The zero-order chi connectivity index (χ0) is 21.0. The Morgan fingerprint density at radius 1 is 1.03 bits per heavy atom. The van der Waals surface area contributed by atoms with E-state index in [9.17, 15) is 14.4 Å². The minimum absolute atomic E-state index is 0.240. The summed E-state index contributed by atoms with van der Waals surface area (Å²) in [5, 5.41) is 0. The number of esters is 2. The van der Waals surface area contributed by atoms with E-state index in [4.69, 9.17) is 9.47 Å². The molecule has 0 atom stereocenters. The molecular formula is C21H17BrN2O5. The van der Waals surface area contributed by atoms with Crippen LogP contribution in [0.5, 0.6) is 5.75 Å². The van der Waals surface area contributed by atoms with Crippen LogP contribution >= 0.6 is 15.9 Å². The van der Waals surface area contributed by atoms with E-state index in [1.54, 1.807) is 30.3 Å². The largest absolute Gasteiger partial charge is 0.464 e. The van der Waals surface area contributed by atoms with Gasteiger partial charge in [0.15, 0.2) is 5.69 Å². The molecule has 0 radical (unpaired) electrons. The number of ether oxygens (including phenoxy) is 2. The van der Waals surface area contributed by atoms with Crippen LogP contribution in [0.2, 0.25) is 0 Å². The Hall–Kier alpha value is -3.26. The summed E-state index contributed by atoms with van der Waals surface area (Å²) in [7, 11) is 2.67. The summed E-state index contributed by atoms with van der Waals surface area (Å²) in [5.41, 5.74) is 0.133. The number of carbonyl (C=O) groups excluding carboxylic acids is 2. The van der Waals surface area contributed by atoms with E-state index < -0.39 is 23.2 Å². The van der Waals surface area contributed by atoms with Crippen molar-refractivity contribution in [2.75, 3.05) is 7.11 Å². The lowest BCUT2D eigenvalue weighted by Gasteiger charge is -2.13. The molecule has 0 saturated carbocycles. The summed E-state index contributed by atoms with van der Waals surface area (Å²) >= 11 is 3.37. The SMILES string of the molecule is COC(=O)c1nc(Cc2ccc(Br)cc2)n(C)c(=O)c1OC(=O)c1ccccc1. The van der Waals surface area contributed by atoms with Crippen LogP contribution in [0.1, 0.15) is 32.2 Å². The summed E-state index contributed by atoms with van der Waals surface area (Å²) in [6.45, 7) is 0. The maximum atomic E-state index is 12.9. The van der Waals surface area contributed by atoms with Crippen LogP contribution in [0.4, 0.5) is 0 Å². The van der Waals surface area contributed by atoms with Gasteiger partial charge < -0.3 is 9.47 Å². The molecule has 2 aromatic carbocycles. The highest BCUT2D eigenvalue weighted by Crippen LogP contribution is 2.18. The maximum absolute atomic E-state index is 12.9. The molecule has 0 amide bonds. The minimum atomic E-state index is -0.865. The third kappa shape index (κ3) is 4.60. The van der Waals surface area contributed by atoms with Crippen molar-refractivity contribution in [2.45, 2.75) is 6.42 Å². The van der Waals surface area contributed by atoms with E-state index in [1.807, 2.05) is 24.3 Å². The highest BCUT2D eigenvalue weighted by Gasteiger charge is 2.25. The summed E-state index contributed by atoms with van der Waals surface area (Å²) in [6.07, 6.45) is 0.302. The summed E-state index contributed by atoms with van der Waals surface area (Å²) in [6, 6.07) is 15.6. The normalized spacial score (nSPS) is 10.4. The molecule has 0 aliphatic rings. The first-order valence-electron chi connectivity index (χ1n) is 8.60. The molecule has 3 aromatic rings. The Balaban J connectivity index is 2.03. The lowest BCUT2D eigenvalue weighted by Crippen LogP contribution is -2.29. The topological polar surface area (TPSA) is 87.5 Å². The average molecular weight is 457 g/mol. The second-order valence-electron chi connectivity index (χ2n) is 6.12. The molecule has 0 saturated heterocycles. The molecule has 0 N–H and O–H groups in total. The molecular weight excluding hydrogens is 440 g/mol. The number of benzene rings is 2. The van der Waals surface area contributed by atoms with E-state index in [0.29, 0.717) is 12.2 Å². The molecule has 8 heteroatoms. The van der Waals surface area contributed by atoms with E-state index in [1.165, 1.54) is 18.7 Å². The monoisotopic (exact) mass is 456 g/mol. The quantitative estimate of drug-likeness (QED) is 0.548. The average Bonchev–Trinajstić information content (AvgIpc) is 2.74. The van der Waals surface area contributed by atoms with Gasteiger partial charge in [-0.15, -0.1) is 0 Å². The van der Waals surface area contributed by atoms with Gasteiger partial charge in [0.1, 0.15) is 5.82 Å². The lowest BCUT2D eigenvalue weighted by atomic mass is 10.1. The van der Waals surface area contributed by atoms with Gasteiger partial charge in [0.25, 0.3) is 5.56 Å². The Bertz CT molecular complexity index is 1110. The highest BCUT2D eigenvalue weighted by atomic mass is 79.9. The molecule has 7 nitrogen and oxygen atoms in total. The fraction of sp³-hybridized carbons (Fsp3) is 0.143. The van der Waals surface area contributed by atoms with Crippen LogP contribution in [0.25, 0.3) is 0 Å². The Kier molecular flexibility index (Phi) is 6.23. The van der Waals surface area contributed by atoms with Crippen LogP contribution < -0.4 is 10.3 Å². The predicted octanol–water partition coefficient (Wildman–Crippen LogP) is 3.14. The predicted molar refractivity (Wildman–Crippen MR) is 109 cm³/mol. The highest BCUT2D eigenvalue weighted by molar-refractivity contribution is 9.10. The van der Waals surface area contributed by atoms with Crippen molar-refractivity contribution in [3.8, 4) is 5.75 Å². The van der Waals surface area contributed by atoms with Crippen molar-refractivity contribution in [2.24, 2.45) is 7.05 Å². The van der Waals surface area contributed by atoms with E-state index in [-0.39, 0.29) is 11.3 Å². The van der Waals surface area contributed by atoms with Gasteiger partial charge in [-0.2, -0.15) is 0 Å². The number of halogens is 1. The van der Waals surface area contributed by atoms with Gasteiger partial charge in [-0.05, 0) is 29.8 Å². The molecule has 1 heterocycles. The van der Waals surface area contributed by atoms with Crippen molar-refractivity contribution in [1.82, 2.24) is 9.55 Å². The minimum Gasteiger partial charge on any atom is -0.464 e. The van der Waals surface area contributed by atoms with E-state index in [2.05, 4.69) is 20.9 Å². The zero-order valence-corrected chi connectivity index (χ0v) is 17.3. The number of hydrogen-bond donors (Lipinski definition) is 0. The van der Waals surface area contributed by atoms with Gasteiger partial charge in [0.05, 0.1) is 12.7 Å². The van der Waals surface area contributed by atoms with Crippen LogP contribution in [0, 0.1) is 0 Å². The van der Waals surface area contributed by atoms with E-state index >= 15 is 0 Å². The van der Waals surface area contributed by atoms with Gasteiger partial charge in [-0.25, -0.2) is 14.6 Å². The van der Waals surface area contributed by atoms with Gasteiger partial charge in [-0.3, -0.25) is 9.36 Å². The van der Waals surface area contributed by atoms with Crippen molar-refractivity contribution in [3.63, 3.8) is 0 Å². The third-order valence-corrected chi connectivity index (χ3v) is 4.73. The Morgan fingerprint density at radius 3 is 2.31 bits per heavy atom. The second-order valence-corrected chi connectivity index (χ2v) is 7.04.